The van der Waals surface area contributed by atoms with Gasteiger partial charge in [-0.3, -0.25) is 9.48 Å². The highest BCUT2D eigenvalue weighted by Gasteiger charge is 2.09. The van der Waals surface area contributed by atoms with Gasteiger partial charge in [0.25, 0.3) is 5.91 Å². The number of hydrogen-bond acceptors (Lipinski definition) is 3. The Morgan fingerprint density at radius 3 is 2.38 bits per heavy atom. The lowest BCUT2D eigenvalue weighted by Crippen LogP contribution is -2.11. The molecular weight excluding hydrogens is 558 g/mol. The Kier molecular flexibility index (Phi) is 7.29. The Morgan fingerprint density at radius 2 is 1.66 bits per heavy atom. The summed E-state index contributed by atoms with van der Waals surface area (Å²) in [6.07, 6.45) is 3.45. The molecule has 8 heteroatoms. The van der Waals surface area contributed by atoms with Crippen LogP contribution in [0.2, 0.25) is 5.02 Å². The summed E-state index contributed by atoms with van der Waals surface area (Å²) in [5, 5.41) is 7.74. The first-order valence-electron chi connectivity index (χ1n) is 9.71. The highest BCUT2D eigenvalue weighted by Crippen LogP contribution is 2.28. The van der Waals surface area contributed by atoms with Crippen LogP contribution in [0, 0.1) is 0 Å². The first-order valence-corrected chi connectivity index (χ1v) is 11.7. The van der Waals surface area contributed by atoms with Crippen LogP contribution < -0.4 is 10.1 Å². The zero-order valence-electron chi connectivity index (χ0n) is 16.8. The molecule has 0 saturated carbocycles. The average Bonchev–Trinajstić information content (AvgIpc) is 3.22. The van der Waals surface area contributed by atoms with E-state index >= 15 is 0 Å². The Hall–Kier alpha value is -2.61. The van der Waals surface area contributed by atoms with Crippen molar-refractivity contribution in [1.82, 2.24) is 9.78 Å². The molecule has 0 fully saturated rings. The summed E-state index contributed by atoms with van der Waals surface area (Å²) in [6.45, 7) is 0.978. The second-order valence-corrected chi connectivity index (χ2v) is 9.31. The third-order valence-electron chi connectivity index (χ3n) is 4.65. The molecule has 0 unspecified atom stereocenters. The first kappa shape index (κ1) is 22.6. The monoisotopic (exact) mass is 573 g/mol. The standard InChI is InChI=1S/C24H18Br2ClN3O2/c25-19-7-3-16(4-8-19)13-30-14-21(12-28-30)29-24(31)18-5-1-17(2-6-18)15-32-23-10-9-20(26)11-22(23)27/h1-12,14H,13,15H2,(H,29,31). The summed E-state index contributed by atoms with van der Waals surface area (Å²) in [5.41, 5.74) is 3.25. The van der Waals surface area contributed by atoms with Crippen LogP contribution in [0.15, 0.2) is 88.1 Å². The van der Waals surface area contributed by atoms with Gasteiger partial charge < -0.3 is 10.1 Å². The zero-order chi connectivity index (χ0) is 22.5. The Morgan fingerprint density at radius 1 is 0.969 bits per heavy atom. The summed E-state index contributed by atoms with van der Waals surface area (Å²) in [4.78, 5) is 12.6. The zero-order valence-corrected chi connectivity index (χ0v) is 20.7. The van der Waals surface area contributed by atoms with Gasteiger partial charge in [0.1, 0.15) is 12.4 Å². The minimum absolute atomic E-state index is 0.198. The molecule has 0 aliphatic rings. The fourth-order valence-corrected chi connectivity index (χ4v) is 3.99. The molecule has 0 bridgehead atoms. The summed E-state index contributed by atoms with van der Waals surface area (Å²) >= 11 is 13.0. The van der Waals surface area contributed by atoms with Crippen molar-refractivity contribution < 1.29 is 9.53 Å². The van der Waals surface area contributed by atoms with Gasteiger partial charge in [-0.15, -0.1) is 0 Å². The van der Waals surface area contributed by atoms with Gasteiger partial charge in [0.2, 0.25) is 0 Å². The van der Waals surface area contributed by atoms with Gasteiger partial charge in [0.15, 0.2) is 0 Å². The fraction of sp³-hybridized carbons (Fsp3) is 0.0833. The highest BCUT2D eigenvalue weighted by molar-refractivity contribution is 9.10. The van der Waals surface area contributed by atoms with Crippen LogP contribution in [0.1, 0.15) is 21.5 Å². The van der Waals surface area contributed by atoms with Crippen LogP contribution in [0.5, 0.6) is 5.75 Å². The average molecular weight is 576 g/mol. The van der Waals surface area contributed by atoms with E-state index < -0.39 is 0 Å². The van der Waals surface area contributed by atoms with Crippen LogP contribution in [-0.4, -0.2) is 15.7 Å². The maximum Gasteiger partial charge on any atom is 0.255 e. The van der Waals surface area contributed by atoms with Crippen molar-refractivity contribution in [3.63, 3.8) is 0 Å². The Bertz CT molecular complexity index is 1220. The van der Waals surface area contributed by atoms with E-state index in [0.717, 1.165) is 20.1 Å². The van der Waals surface area contributed by atoms with Gasteiger partial charge in [-0.1, -0.05) is 67.7 Å². The molecule has 4 aromatic rings. The molecule has 4 rings (SSSR count). The van der Waals surface area contributed by atoms with E-state index in [9.17, 15) is 4.79 Å². The second-order valence-electron chi connectivity index (χ2n) is 7.07. The molecule has 0 atom stereocenters. The number of aromatic nitrogens is 2. The quantitative estimate of drug-likeness (QED) is 0.260. The lowest BCUT2D eigenvalue weighted by Gasteiger charge is -2.09. The second kappa shape index (κ2) is 10.3. The van der Waals surface area contributed by atoms with E-state index in [0.29, 0.717) is 35.2 Å². The smallest absolute Gasteiger partial charge is 0.255 e. The molecule has 1 aromatic heterocycles. The Labute approximate surface area is 207 Å². The number of carbonyl (C=O) groups is 1. The molecule has 3 aromatic carbocycles. The number of amides is 1. The maximum absolute atomic E-state index is 12.6. The molecule has 0 aliphatic carbocycles. The van der Waals surface area contributed by atoms with Crippen LogP contribution in [0.3, 0.4) is 0 Å². The Balaban J connectivity index is 1.32. The number of carbonyl (C=O) groups excluding carboxylic acids is 1. The summed E-state index contributed by atoms with van der Waals surface area (Å²) < 4.78 is 9.47. The van der Waals surface area contributed by atoms with Gasteiger partial charge >= 0.3 is 0 Å². The largest absolute Gasteiger partial charge is 0.487 e. The third kappa shape index (κ3) is 6.00. The molecule has 1 amide bonds. The number of benzene rings is 3. The van der Waals surface area contributed by atoms with Gasteiger partial charge in [0.05, 0.1) is 23.5 Å². The summed E-state index contributed by atoms with van der Waals surface area (Å²) in [5.74, 6) is 0.411. The number of nitrogens with one attached hydrogen (secondary N) is 1. The van der Waals surface area contributed by atoms with Crippen LogP contribution >= 0.6 is 43.5 Å². The number of hydrogen-bond donors (Lipinski definition) is 1. The van der Waals surface area contributed by atoms with Crippen molar-refractivity contribution >= 4 is 55.1 Å². The van der Waals surface area contributed by atoms with E-state index in [4.69, 9.17) is 16.3 Å². The maximum atomic E-state index is 12.6. The van der Waals surface area contributed by atoms with E-state index in [-0.39, 0.29) is 5.91 Å². The van der Waals surface area contributed by atoms with Gasteiger partial charge in [-0.05, 0) is 53.6 Å². The predicted molar refractivity (Wildman–Crippen MR) is 133 cm³/mol. The lowest BCUT2D eigenvalue weighted by atomic mass is 10.1. The van der Waals surface area contributed by atoms with E-state index in [1.54, 1.807) is 29.1 Å². The third-order valence-corrected chi connectivity index (χ3v) is 5.97. The molecular formula is C24H18Br2ClN3O2. The molecule has 0 radical (unpaired) electrons. The highest BCUT2D eigenvalue weighted by atomic mass is 79.9. The number of halogens is 3. The molecule has 0 aliphatic heterocycles. The molecule has 0 saturated heterocycles. The van der Waals surface area contributed by atoms with Gasteiger partial charge in [-0.25, -0.2) is 0 Å². The van der Waals surface area contributed by atoms with Gasteiger partial charge in [0, 0.05) is 20.7 Å². The minimum Gasteiger partial charge on any atom is -0.487 e. The SMILES string of the molecule is O=C(Nc1cnn(Cc2ccc(Br)cc2)c1)c1ccc(COc2ccc(Br)cc2Cl)cc1. The van der Waals surface area contributed by atoms with E-state index in [1.807, 2.05) is 54.7 Å². The van der Waals surface area contributed by atoms with Crippen molar-refractivity contribution in [2.75, 3.05) is 5.32 Å². The van der Waals surface area contributed by atoms with E-state index in [1.165, 1.54) is 0 Å². The van der Waals surface area contributed by atoms with Crippen molar-refractivity contribution in [3.05, 3.63) is 110 Å². The summed E-state index contributed by atoms with van der Waals surface area (Å²) in [6, 6.07) is 20.8. The van der Waals surface area contributed by atoms with Crippen molar-refractivity contribution in [1.29, 1.82) is 0 Å². The topological polar surface area (TPSA) is 56.2 Å². The number of ether oxygens (including phenoxy) is 1. The van der Waals surface area contributed by atoms with Gasteiger partial charge in [-0.2, -0.15) is 5.10 Å². The predicted octanol–water partition coefficient (Wildman–Crippen LogP) is 6.94. The van der Waals surface area contributed by atoms with Crippen molar-refractivity contribution in [3.8, 4) is 5.75 Å². The van der Waals surface area contributed by atoms with E-state index in [2.05, 4.69) is 42.3 Å². The number of anilines is 1. The lowest BCUT2D eigenvalue weighted by molar-refractivity contribution is 0.102. The number of rotatable bonds is 7. The molecule has 162 valence electrons. The van der Waals surface area contributed by atoms with Crippen molar-refractivity contribution in [2.45, 2.75) is 13.2 Å². The molecule has 32 heavy (non-hydrogen) atoms. The fourth-order valence-electron chi connectivity index (χ4n) is 3.00. The molecule has 1 heterocycles. The minimum atomic E-state index is -0.198. The van der Waals surface area contributed by atoms with Crippen LogP contribution in [0.4, 0.5) is 5.69 Å². The van der Waals surface area contributed by atoms with Crippen LogP contribution in [0.25, 0.3) is 0 Å². The molecule has 0 spiro atoms. The van der Waals surface area contributed by atoms with Crippen molar-refractivity contribution in [2.24, 2.45) is 0 Å². The molecule has 1 N–H and O–H groups in total. The molecule has 5 nitrogen and oxygen atoms in total. The summed E-state index contributed by atoms with van der Waals surface area (Å²) in [7, 11) is 0. The van der Waals surface area contributed by atoms with Crippen LogP contribution in [-0.2, 0) is 13.2 Å². The number of nitrogens with zero attached hydrogens (tertiary/aromatic N) is 2. The normalized spacial score (nSPS) is 10.7. The first-order chi connectivity index (χ1) is 15.5.